The number of anilines is 1. The number of amides is 1. The van der Waals surface area contributed by atoms with Crippen molar-refractivity contribution in [3.63, 3.8) is 0 Å². The van der Waals surface area contributed by atoms with E-state index in [1.54, 1.807) is 0 Å². The van der Waals surface area contributed by atoms with E-state index in [2.05, 4.69) is 40.7 Å². The van der Waals surface area contributed by atoms with Crippen molar-refractivity contribution in [3.8, 4) is 0 Å². The largest absolute Gasteiger partial charge is 0.355 e. The Morgan fingerprint density at radius 3 is 2.82 bits per heavy atom. The molecule has 2 aromatic heterocycles. The van der Waals surface area contributed by atoms with Crippen molar-refractivity contribution in [1.29, 1.82) is 0 Å². The van der Waals surface area contributed by atoms with Crippen molar-refractivity contribution >= 4 is 29.1 Å². The number of fused-ring (bicyclic) bond motifs is 2. The summed E-state index contributed by atoms with van der Waals surface area (Å²) in [6.07, 6.45) is 11.5. The SMILES string of the molecule is Cc1cn2nc([C@@H]3CCCCN3C(=O)C3CSC4CCCCC43)cc2nc1N1CC[C@H](N)C1. The number of aromatic nitrogens is 3. The molecule has 7 nitrogen and oxygen atoms in total. The van der Waals surface area contributed by atoms with Gasteiger partial charge in [0.1, 0.15) is 5.82 Å². The summed E-state index contributed by atoms with van der Waals surface area (Å²) in [7, 11) is 0. The summed E-state index contributed by atoms with van der Waals surface area (Å²) in [6.45, 7) is 4.77. The molecule has 2 N–H and O–H groups in total. The lowest BCUT2D eigenvalue weighted by atomic mass is 9.79. The van der Waals surface area contributed by atoms with E-state index >= 15 is 0 Å². The van der Waals surface area contributed by atoms with E-state index in [-0.39, 0.29) is 18.0 Å². The van der Waals surface area contributed by atoms with E-state index < -0.39 is 0 Å². The molecule has 4 fully saturated rings. The van der Waals surface area contributed by atoms with Gasteiger partial charge in [0.2, 0.25) is 5.91 Å². The highest BCUT2D eigenvalue weighted by Gasteiger charge is 2.45. The van der Waals surface area contributed by atoms with Crippen molar-refractivity contribution in [3.05, 3.63) is 23.5 Å². The normalized spacial score (nSPS) is 32.5. The lowest BCUT2D eigenvalue weighted by molar-refractivity contribution is -0.140. The first kappa shape index (κ1) is 21.7. The van der Waals surface area contributed by atoms with Gasteiger partial charge in [0.05, 0.1) is 17.7 Å². The van der Waals surface area contributed by atoms with Gasteiger partial charge >= 0.3 is 0 Å². The third-order valence-electron chi connectivity index (χ3n) is 8.35. The van der Waals surface area contributed by atoms with Crippen molar-refractivity contribution < 1.29 is 4.79 Å². The van der Waals surface area contributed by atoms with Crippen LogP contribution in [0.1, 0.15) is 68.7 Å². The summed E-state index contributed by atoms with van der Waals surface area (Å²) >= 11 is 2.05. The molecule has 2 aromatic rings. The third-order valence-corrected chi connectivity index (χ3v) is 9.92. The number of carbonyl (C=O) groups excluding carboxylic acids is 1. The fraction of sp³-hybridized carbons (Fsp3) is 0.720. The van der Waals surface area contributed by atoms with Crippen LogP contribution in [0.2, 0.25) is 0 Å². The number of nitrogens with two attached hydrogens (primary N) is 1. The zero-order valence-electron chi connectivity index (χ0n) is 19.7. The van der Waals surface area contributed by atoms with Crippen LogP contribution in [0.4, 0.5) is 5.82 Å². The number of nitrogens with zero attached hydrogens (tertiary/aromatic N) is 5. The topological polar surface area (TPSA) is 79.8 Å². The molecule has 3 saturated heterocycles. The fourth-order valence-electron chi connectivity index (χ4n) is 6.60. The molecule has 1 aliphatic carbocycles. The molecule has 3 aliphatic heterocycles. The molecule has 6 rings (SSSR count). The molecule has 5 atom stereocenters. The van der Waals surface area contributed by atoms with E-state index in [1.165, 1.54) is 25.7 Å². The van der Waals surface area contributed by atoms with Crippen LogP contribution in [0.15, 0.2) is 12.3 Å². The quantitative estimate of drug-likeness (QED) is 0.742. The Bertz CT molecular complexity index is 1040. The van der Waals surface area contributed by atoms with Gasteiger partial charge in [0, 0.05) is 54.5 Å². The second-order valence-corrected chi connectivity index (χ2v) is 11.9. The monoisotopic (exact) mass is 468 g/mol. The predicted molar refractivity (Wildman–Crippen MR) is 133 cm³/mol. The van der Waals surface area contributed by atoms with Gasteiger partial charge in [-0.05, 0) is 51.4 Å². The molecule has 5 heterocycles. The number of rotatable bonds is 3. The maximum Gasteiger partial charge on any atom is 0.227 e. The number of aryl methyl sites for hydroxylation is 1. The highest BCUT2D eigenvalue weighted by molar-refractivity contribution is 8.00. The highest BCUT2D eigenvalue weighted by Crippen LogP contribution is 2.47. The van der Waals surface area contributed by atoms with Crippen LogP contribution in [-0.4, -0.2) is 62.1 Å². The first-order chi connectivity index (χ1) is 16.1. The van der Waals surface area contributed by atoms with E-state index in [9.17, 15) is 4.79 Å². The Labute approximate surface area is 200 Å². The van der Waals surface area contributed by atoms with E-state index in [0.29, 0.717) is 17.1 Å². The number of likely N-dealkylation sites (tertiary alicyclic amines) is 1. The van der Waals surface area contributed by atoms with Crippen LogP contribution in [0.25, 0.3) is 5.65 Å². The van der Waals surface area contributed by atoms with Gasteiger partial charge in [-0.15, -0.1) is 0 Å². The lowest BCUT2D eigenvalue weighted by Gasteiger charge is -2.38. The van der Waals surface area contributed by atoms with Crippen molar-refractivity contribution in [1.82, 2.24) is 19.5 Å². The van der Waals surface area contributed by atoms with E-state index in [4.69, 9.17) is 15.8 Å². The maximum atomic E-state index is 13.8. The second-order valence-electron chi connectivity index (χ2n) is 10.6. The van der Waals surface area contributed by atoms with Crippen LogP contribution >= 0.6 is 11.8 Å². The van der Waals surface area contributed by atoms with Crippen molar-refractivity contribution in [2.75, 3.05) is 30.3 Å². The van der Waals surface area contributed by atoms with Crippen LogP contribution in [-0.2, 0) is 4.79 Å². The molecule has 8 heteroatoms. The molecule has 0 radical (unpaired) electrons. The Balaban J connectivity index is 1.27. The van der Waals surface area contributed by atoms with Crippen molar-refractivity contribution in [2.45, 2.75) is 75.6 Å². The summed E-state index contributed by atoms with van der Waals surface area (Å²) in [5.41, 5.74) is 9.12. The van der Waals surface area contributed by atoms with Crippen molar-refractivity contribution in [2.24, 2.45) is 17.6 Å². The molecule has 4 aliphatic rings. The van der Waals surface area contributed by atoms with Gasteiger partial charge in [-0.2, -0.15) is 16.9 Å². The molecule has 0 bridgehead atoms. The number of hydrogen-bond donors (Lipinski definition) is 1. The van der Waals surface area contributed by atoms with Gasteiger partial charge in [0.25, 0.3) is 0 Å². The number of carbonyl (C=O) groups is 1. The van der Waals surface area contributed by atoms with E-state index in [0.717, 1.165) is 73.8 Å². The molecule has 1 amide bonds. The third kappa shape index (κ3) is 3.93. The first-order valence-electron chi connectivity index (χ1n) is 12.9. The standard InChI is InChI=1S/C25H36N6OS/c1-16-13-31-23(27-24(16)29-11-9-17(26)14-29)12-20(28-31)21-7-4-5-10-30(21)25(32)19-15-33-22-8-3-2-6-18(19)22/h12-13,17-19,21-22H,2-11,14-15,26H2,1H3/t17-,18?,19?,21-,22?/m0/s1. The Hall–Kier alpha value is -1.80. The van der Waals surface area contributed by atoms with Gasteiger partial charge in [-0.1, -0.05) is 12.8 Å². The molecule has 1 saturated carbocycles. The summed E-state index contributed by atoms with van der Waals surface area (Å²) in [5, 5.41) is 5.64. The Morgan fingerprint density at radius 1 is 1.12 bits per heavy atom. The van der Waals surface area contributed by atoms with E-state index in [1.807, 2.05) is 4.52 Å². The number of hydrogen-bond acceptors (Lipinski definition) is 6. The minimum absolute atomic E-state index is 0.0737. The van der Waals surface area contributed by atoms with Gasteiger partial charge in [-0.25, -0.2) is 9.50 Å². The molecule has 3 unspecified atom stereocenters. The lowest BCUT2D eigenvalue weighted by Crippen LogP contribution is -2.44. The summed E-state index contributed by atoms with van der Waals surface area (Å²) in [6, 6.07) is 2.41. The van der Waals surface area contributed by atoms with Gasteiger partial charge in [-0.3, -0.25) is 4.79 Å². The zero-order valence-corrected chi connectivity index (χ0v) is 20.5. The van der Waals surface area contributed by atoms with Crippen LogP contribution < -0.4 is 10.6 Å². The summed E-state index contributed by atoms with van der Waals surface area (Å²) < 4.78 is 1.91. The molecular formula is C25H36N6OS. The first-order valence-corrected chi connectivity index (χ1v) is 13.9. The minimum atomic E-state index is 0.0737. The molecule has 178 valence electrons. The van der Waals surface area contributed by atoms with Crippen LogP contribution in [0.5, 0.6) is 0 Å². The molecule has 0 aromatic carbocycles. The summed E-state index contributed by atoms with van der Waals surface area (Å²) in [4.78, 5) is 23.3. The summed E-state index contributed by atoms with van der Waals surface area (Å²) in [5.74, 6) is 3.19. The van der Waals surface area contributed by atoms with Crippen LogP contribution in [0, 0.1) is 18.8 Å². The zero-order chi connectivity index (χ0) is 22.5. The molecular weight excluding hydrogens is 432 g/mol. The maximum absolute atomic E-state index is 13.8. The second kappa shape index (κ2) is 8.77. The smallest absolute Gasteiger partial charge is 0.227 e. The van der Waals surface area contributed by atoms with Crippen LogP contribution in [0.3, 0.4) is 0 Å². The average Bonchev–Trinajstić information content (AvgIpc) is 3.55. The minimum Gasteiger partial charge on any atom is -0.355 e. The Kier molecular flexibility index (Phi) is 5.77. The fourth-order valence-corrected chi connectivity index (χ4v) is 8.35. The van der Waals surface area contributed by atoms with Gasteiger partial charge < -0.3 is 15.5 Å². The average molecular weight is 469 g/mol. The predicted octanol–water partition coefficient (Wildman–Crippen LogP) is 3.55. The highest BCUT2D eigenvalue weighted by atomic mass is 32.2. The Morgan fingerprint density at radius 2 is 1.97 bits per heavy atom. The molecule has 33 heavy (non-hydrogen) atoms. The molecule has 0 spiro atoms. The number of piperidine rings is 1. The van der Waals surface area contributed by atoms with Gasteiger partial charge in [0.15, 0.2) is 5.65 Å². The number of thioether (sulfide) groups is 1.